The molecule has 0 aliphatic heterocycles. The lowest BCUT2D eigenvalue weighted by Gasteiger charge is -2.20. The molecule has 6 nitrogen and oxygen atoms in total. The molecule has 3 heterocycles. The number of fused-ring (bicyclic) bond motifs is 1. The van der Waals surface area contributed by atoms with Crippen molar-refractivity contribution < 1.29 is 4.52 Å². The van der Waals surface area contributed by atoms with Gasteiger partial charge < -0.3 is 8.92 Å². The quantitative estimate of drug-likeness (QED) is 0.728. The Morgan fingerprint density at radius 1 is 1.35 bits per heavy atom. The van der Waals surface area contributed by atoms with Crippen LogP contribution in [-0.4, -0.2) is 31.5 Å². The van der Waals surface area contributed by atoms with Crippen LogP contribution in [0.1, 0.15) is 30.4 Å². The minimum absolute atomic E-state index is 0.0565. The summed E-state index contributed by atoms with van der Waals surface area (Å²) >= 11 is 0. The van der Waals surface area contributed by atoms with Crippen molar-refractivity contribution >= 4 is 5.65 Å². The number of pyridine rings is 1. The van der Waals surface area contributed by atoms with Crippen molar-refractivity contribution in [2.75, 3.05) is 7.05 Å². The molecular formula is C14H17N5O. The monoisotopic (exact) mass is 271 g/mol. The van der Waals surface area contributed by atoms with Gasteiger partial charge in [0.2, 0.25) is 5.89 Å². The summed E-state index contributed by atoms with van der Waals surface area (Å²) in [7, 11) is 2.02. The van der Waals surface area contributed by atoms with Crippen molar-refractivity contribution in [1.29, 1.82) is 0 Å². The standard InChI is InChI=1S/C14H17N5O/c1-10(14-15-11(2)17-20-14)18(3)8-12-9-19-7-5-4-6-13(19)16-12/h4-7,9-10H,8H2,1-3H3. The Balaban J connectivity index is 1.76. The van der Waals surface area contributed by atoms with E-state index in [1.54, 1.807) is 0 Å². The summed E-state index contributed by atoms with van der Waals surface area (Å²) in [6.45, 7) is 4.59. The van der Waals surface area contributed by atoms with Gasteiger partial charge in [-0.3, -0.25) is 4.90 Å². The van der Waals surface area contributed by atoms with E-state index in [-0.39, 0.29) is 6.04 Å². The van der Waals surface area contributed by atoms with Crippen LogP contribution in [0.15, 0.2) is 35.1 Å². The topological polar surface area (TPSA) is 59.5 Å². The van der Waals surface area contributed by atoms with Gasteiger partial charge in [-0.25, -0.2) is 4.98 Å². The van der Waals surface area contributed by atoms with E-state index in [0.29, 0.717) is 11.7 Å². The van der Waals surface area contributed by atoms with E-state index >= 15 is 0 Å². The summed E-state index contributed by atoms with van der Waals surface area (Å²) in [6.07, 6.45) is 4.04. The Hall–Kier alpha value is -2.21. The predicted octanol–water partition coefficient (Wildman–Crippen LogP) is 2.22. The van der Waals surface area contributed by atoms with Gasteiger partial charge in [-0.2, -0.15) is 4.98 Å². The van der Waals surface area contributed by atoms with Crippen molar-refractivity contribution in [3.05, 3.63) is 48.0 Å². The van der Waals surface area contributed by atoms with E-state index in [1.807, 2.05) is 55.9 Å². The summed E-state index contributed by atoms with van der Waals surface area (Å²) in [4.78, 5) is 11.0. The van der Waals surface area contributed by atoms with Crippen molar-refractivity contribution in [1.82, 2.24) is 24.4 Å². The molecule has 0 saturated carbocycles. The molecule has 0 N–H and O–H groups in total. The molecule has 3 aromatic heterocycles. The molecule has 1 atom stereocenters. The summed E-state index contributed by atoms with van der Waals surface area (Å²) in [5, 5.41) is 3.83. The SMILES string of the molecule is Cc1noc(C(C)N(C)Cc2cn3ccccc3n2)n1. The minimum atomic E-state index is 0.0565. The van der Waals surface area contributed by atoms with Crippen LogP contribution in [0.5, 0.6) is 0 Å². The Kier molecular flexibility index (Phi) is 3.23. The first kappa shape index (κ1) is 12.8. The van der Waals surface area contributed by atoms with Crippen LogP contribution in [0.3, 0.4) is 0 Å². The maximum absolute atomic E-state index is 5.22. The van der Waals surface area contributed by atoms with Gasteiger partial charge in [0.25, 0.3) is 0 Å². The van der Waals surface area contributed by atoms with E-state index < -0.39 is 0 Å². The van der Waals surface area contributed by atoms with Crippen molar-refractivity contribution in [2.45, 2.75) is 26.4 Å². The molecule has 0 aliphatic carbocycles. The molecule has 0 fully saturated rings. The van der Waals surface area contributed by atoms with Gasteiger partial charge in [0.1, 0.15) is 5.65 Å². The third-order valence-electron chi connectivity index (χ3n) is 3.39. The Bertz CT molecular complexity index is 684. The second-order valence-electron chi connectivity index (χ2n) is 4.97. The van der Waals surface area contributed by atoms with Gasteiger partial charge in [0.15, 0.2) is 5.82 Å². The molecule has 0 spiro atoms. The first-order chi connectivity index (χ1) is 9.63. The summed E-state index contributed by atoms with van der Waals surface area (Å²) in [6, 6.07) is 6.03. The number of imidazole rings is 1. The van der Waals surface area contributed by atoms with Crippen LogP contribution >= 0.6 is 0 Å². The van der Waals surface area contributed by atoms with Crippen molar-refractivity contribution in [3.8, 4) is 0 Å². The molecule has 1 unspecified atom stereocenters. The number of hydrogen-bond acceptors (Lipinski definition) is 5. The molecule has 0 amide bonds. The highest BCUT2D eigenvalue weighted by molar-refractivity contribution is 5.39. The first-order valence-electron chi connectivity index (χ1n) is 6.56. The number of rotatable bonds is 4. The minimum Gasteiger partial charge on any atom is -0.338 e. The zero-order valence-corrected chi connectivity index (χ0v) is 11.8. The Morgan fingerprint density at radius 2 is 2.20 bits per heavy atom. The molecule has 104 valence electrons. The van der Waals surface area contributed by atoms with Gasteiger partial charge in [-0.05, 0) is 33.0 Å². The third-order valence-corrected chi connectivity index (χ3v) is 3.39. The van der Waals surface area contributed by atoms with Gasteiger partial charge in [-0.1, -0.05) is 11.2 Å². The lowest BCUT2D eigenvalue weighted by Crippen LogP contribution is -2.22. The van der Waals surface area contributed by atoms with E-state index in [4.69, 9.17) is 4.52 Å². The van der Waals surface area contributed by atoms with E-state index in [0.717, 1.165) is 17.9 Å². The zero-order chi connectivity index (χ0) is 14.1. The van der Waals surface area contributed by atoms with Gasteiger partial charge in [0, 0.05) is 18.9 Å². The fraction of sp³-hybridized carbons (Fsp3) is 0.357. The highest BCUT2D eigenvalue weighted by atomic mass is 16.5. The molecule has 0 aliphatic rings. The smallest absolute Gasteiger partial charge is 0.243 e. The van der Waals surface area contributed by atoms with Crippen LogP contribution in [-0.2, 0) is 6.54 Å². The maximum Gasteiger partial charge on any atom is 0.243 e. The van der Waals surface area contributed by atoms with Crippen molar-refractivity contribution in [3.63, 3.8) is 0 Å². The molecule has 3 aromatic rings. The highest BCUT2D eigenvalue weighted by Crippen LogP contribution is 2.18. The largest absolute Gasteiger partial charge is 0.338 e. The van der Waals surface area contributed by atoms with Gasteiger partial charge in [0.05, 0.1) is 11.7 Å². The maximum atomic E-state index is 5.22. The molecule has 0 radical (unpaired) electrons. The lowest BCUT2D eigenvalue weighted by molar-refractivity contribution is 0.201. The fourth-order valence-corrected chi connectivity index (χ4v) is 2.13. The Morgan fingerprint density at radius 3 is 2.90 bits per heavy atom. The van der Waals surface area contributed by atoms with E-state index in [9.17, 15) is 0 Å². The Labute approximate surface area is 117 Å². The predicted molar refractivity (Wildman–Crippen MR) is 74.1 cm³/mol. The molecule has 3 rings (SSSR count). The lowest BCUT2D eigenvalue weighted by atomic mass is 10.3. The number of nitrogens with zero attached hydrogens (tertiary/aromatic N) is 5. The number of aryl methyl sites for hydroxylation is 1. The summed E-state index contributed by atoms with van der Waals surface area (Å²) < 4.78 is 7.23. The number of aromatic nitrogens is 4. The van der Waals surface area contributed by atoms with Gasteiger partial charge in [-0.15, -0.1) is 0 Å². The molecule has 20 heavy (non-hydrogen) atoms. The molecule has 0 saturated heterocycles. The second-order valence-corrected chi connectivity index (χ2v) is 4.97. The average molecular weight is 271 g/mol. The summed E-state index contributed by atoms with van der Waals surface area (Å²) in [5.41, 5.74) is 1.97. The third kappa shape index (κ3) is 2.42. The van der Waals surface area contributed by atoms with Crippen molar-refractivity contribution in [2.24, 2.45) is 0 Å². The fourth-order valence-electron chi connectivity index (χ4n) is 2.13. The van der Waals surface area contributed by atoms with Crippen LogP contribution in [0.4, 0.5) is 0 Å². The second kappa shape index (κ2) is 5.05. The van der Waals surface area contributed by atoms with E-state index in [2.05, 4.69) is 20.0 Å². The van der Waals surface area contributed by atoms with Crippen LogP contribution in [0.2, 0.25) is 0 Å². The molecule has 6 heteroatoms. The molecular weight excluding hydrogens is 254 g/mol. The zero-order valence-electron chi connectivity index (χ0n) is 11.8. The normalized spacial score (nSPS) is 13.2. The van der Waals surface area contributed by atoms with Crippen LogP contribution in [0.25, 0.3) is 5.65 Å². The van der Waals surface area contributed by atoms with Gasteiger partial charge >= 0.3 is 0 Å². The summed E-state index contributed by atoms with van der Waals surface area (Å²) in [5.74, 6) is 1.29. The van der Waals surface area contributed by atoms with E-state index in [1.165, 1.54) is 0 Å². The average Bonchev–Trinajstić information content (AvgIpc) is 3.03. The van der Waals surface area contributed by atoms with Crippen LogP contribution in [0, 0.1) is 6.92 Å². The number of hydrogen-bond donors (Lipinski definition) is 0. The molecule has 0 bridgehead atoms. The first-order valence-corrected chi connectivity index (χ1v) is 6.56. The molecule has 0 aromatic carbocycles. The van der Waals surface area contributed by atoms with Crippen LogP contribution < -0.4 is 0 Å². The highest BCUT2D eigenvalue weighted by Gasteiger charge is 2.18.